The second kappa shape index (κ2) is 0.616. The lowest BCUT2D eigenvalue weighted by atomic mass is 10.4. The maximum Gasteiger partial charge on any atom is 0.0884 e. The summed E-state index contributed by atoms with van der Waals surface area (Å²) in [5.74, 6) is 0. The van der Waals surface area contributed by atoms with Crippen molar-refractivity contribution < 1.29 is 0 Å². The molecule has 0 aliphatic carbocycles. The van der Waals surface area contributed by atoms with Gasteiger partial charge in [0.15, 0.2) is 0 Å². The summed E-state index contributed by atoms with van der Waals surface area (Å²) >= 11 is 0. The fraction of sp³-hybridized carbons (Fsp3) is 0. The van der Waals surface area contributed by atoms with Crippen LogP contribution in [0.2, 0.25) is 0 Å². The van der Waals surface area contributed by atoms with Crippen LogP contribution in [-0.4, -0.2) is 9.97 Å². The number of aromatic amines is 2. The van der Waals surface area contributed by atoms with Crippen LogP contribution in [-0.2, 0) is 0 Å². The number of fused-ring (bicyclic) bond motifs is 3. The van der Waals surface area contributed by atoms with Crippen LogP contribution in [0.25, 0.3) is 22.1 Å². The van der Waals surface area contributed by atoms with Crippen molar-refractivity contribution in [3.05, 3.63) is 12.1 Å². The van der Waals surface area contributed by atoms with E-state index in [0.29, 0.717) is 0 Å². The highest BCUT2D eigenvalue weighted by Gasteiger charge is 2.11. The summed E-state index contributed by atoms with van der Waals surface area (Å²) in [5.41, 5.74) is 5.19. The highest BCUT2D eigenvalue weighted by molar-refractivity contribution is 6.11. The Bertz CT molecular complexity index is 353. The van der Waals surface area contributed by atoms with Crippen LogP contribution in [0, 0.1) is 0 Å². The van der Waals surface area contributed by atoms with Crippen molar-refractivity contribution in [3.63, 3.8) is 0 Å². The van der Waals surface area contributed by atoms with E-state index in [-0.39, 0.29) is 0 Å². The number of hydrogen-bond acceptors (Lipinski definition) is 0. The van der Waals surface area contributed by atoms with Crippen LogP contribution in [0.4, 0.5) is 0 Å². The third-order valence-corrected chi connectivity index (χ3v) is 1.60. The number of hydrogen-bond donors (Lipinski definition) is 2. The first-order chi connectivity index (χ1) is 3.95. The maximum atomic E-state index is 3.15. The Kier molecular flexibility index (Phi) is 0.229. The Hall–Kier alpha value is -1.18. The van der Waals surface area contributed by atoms with E-state index in [1.165, 1.54) is 22.1 Å². The minimum atomic E-state index is 1.29. The van der Waals surface area contributed by atoms with Crippen molar-refractivity contribution in [1.29, 1.82) is 0 Å². The second-order valence-electron chi connectivity index (χ2n) is 2.16. The van der Waals surface area contributed by atoms with Crippen LogP contribution in [0.5, 0.6) is 0 Å². The number of aromatic nitrogens is 2. The number of rotatable bonds is 0. The molecule has 8 heavy (non-hydrogen) atoms. The van der Waals surface area contributed by atoms with Crippen LogP contribution >= 0.6 is 0 Å². The molecule has 0 aliphatic rings. The molecule has 0 atom stereocenters. The predicted molar refractivity (Wildman–Crippen MR) is 32.5 cm³/mol. The lowest BCUT2D eigenvalue weighted by Crippen LogP contribution is -1.39. The van der Waals surface area contributed by atoms with Gasteiger partial charge in [-0.25, -0.2) is 0 Å². The lowest BCUT2D eigenvalue weighted by Gasteiger charge is -1.60. The normalized spacial score (nSPS) is 13.0. The van der Waals surface area contributed by atoms with Crippen LogP contribution in [0.1, 0.15) is 0 Å². The summed E-state index contributed by atoms with van der Waals surface area (Å²) in [7, 11) is 0. The topological polar surface area (TPSA) is 31.6 Å². The Balaban J connectivity index is 2.83. The Morgan fingerprint density at radius 2 is 1.38 bits per heavy atom. The first kappa shape index (κ1) is 2.97. The minimum Gasteiger partial charge on any atom is -0.350 e. The average Bonchev–Trinajstić information content (AvgIpc) is 2.59. The van der Waals surface area contributed by atoms with Gasteiger partial charge in [-0.2, -0.15) is 0 Å². The third kappa shape index (κ3) is 0.179. The molecule has 2 N–H and O–H groups in total. The molecule has 0 saturated heterocycles. The minimum absolute atomic E-state index is 1.29. The van der Waals surface area contributed by atoms with E-state index in [0.717, 1.165) is 0 Å². The van der Waals surface area contributed by atoms with Crippen LogP contribution < -0.4 is 0 Å². The molecule has 0 saturated carbocycles. The maximum absolute atomic E-state index is 3.15. The molecule has 0 unspecified atom stereocenters. The summed E-state index contributed by atoms with van der Waals surface area (Å²) in [5, 5.41) is 0. The van der Waals surface area contributed by atoms with Gasteiger partial charge >= 0.3 is 0 Å². The van der Waals surface area contributed by atoms with Gasteiger partial charge in [0.2, 0.25) is 0 Å². The molecule has 2 heterocycles. The third-order valence-electron chi connectivity index (χ3n) is 1.60. The highest BCUT2D eigenvalue weighted by atomic mass is 14.9. The quantitative estimate of drug-likeness (QED) is 0.433. The van der Waals surface area contributed by atoms with E-state index in [4.69, 9.17) is 0 Å². The SMILES string of the molecule is c1cc2[nH]c2c2[nH]c12. The summed E-state index contributed by atoms with van der Waals surface area (Å²) < 4.78 is 0. The van der Waals surface area contributed by atoms with Crippen molar-refractivity contribution in [2.24, 2.45) is 0 Å². The van der Waals surface area contributed by atoms with E-state index in [9.17, 15) is 0 Å². The molecule has 2 heteroatoms. The van der Waals surface area contributed by atoms with Gasteiger partial charge < -0.3 is 9.97 Å². The van der Waals surface area contributed by atoms with Gasteiger partial charge in [0.25, 0.3) is 0 Å². The van der Waals surface area contributed by atoms with Crippen molar-refractivity contribution in [3.8, 4) is 0 Å². The highest BCUT2D eigenvalue weighted by Crippen LogP contribution is 2.30. The summed E-state index contributed by atoms with van der Waals surface area (Å²) in [4.78, 5) is 6.30. The fourth-order valence-corrected chi connectivity index (χ4v) is 1.02. The molecule has 3 aromatic rings. The summed E-state index contributed by atoms with van der Waals surface area (Å²) in [6.07, 6.45) is 0. The smallest absolute Gasteiger partial charge is 0.0884 e. The number of benzene rings is 1. The average molecular weight is 104 g/mol. The predicted octanol–water partition coefficient (Wildman–Crippen LogP) is 1.52. The molecule has 0 fully saturated rings. The van der Waals surface area contributed by atoms with E-state index in [1.807, 2.05) is 0 Å². The van der Waals surface area contributed by atoms with E-state index >= 15 is 0 Å². The molecule has 0 aliphatic heterocycles. The molecule has 3 rings (SSSR count). The zero-order chi connectivity index (χ0) is 5.14. The van der Waals surface area contributed by atoms with Gasteiger partial charge in [-0.05, 0) is 12.1 Å². The van der Waals surface area contributed by atoms with E-state index in [1.54, 1.807) is 0 Å². The fourth-order valence-electron chi connectivity index (χ4n) is 1.02. The van der Waals surface area contributed by atoms with E-state index < -0.39 is 0 Å². The van der Waals surface area contributed by atoms with Gasteiger partial charge in [0.1, 0.15) is 0 Å². The molecule has 0 radical (unpaired) electrons. The summed E-state index contributed by atoms with van der Waals surface area (Å²) in [6.45, 7) is 0. The Labute approximate surface area is 45.2 Å². The lowest BCUT2D eigenvalue weighted by molar-refractivity contribution is 1.70. The molecule has 2 aromatic heterocycles. The van der Waals surface area contributed by atoms with Crippen molar-refractivity contribution in [1.82, 2.24) is 9.97 Å². The van der Waals surface area contributed by atoms with Gasteiger partial charge in [-0.1, -0.05) is 0 Å². The van der Waals surface area contributed by atoms with E-state index in [2.05, 4.69) is 22.1 Å². The van der Waals surface area contributed by atoms with Crippen molar-refractivity contribution >= 4 is 22.1 Å². The summed E-state index contributed by atoms with van der Waals surface area (Å²) in [6, 6.07) is 4.18. The molecule has 1 aromatic carbocycles. The van der Waals surface area contributed by atoms with Crippen molar-refractivity contribution in [2.75, 3.05) is 0 Å². The zero-order valence-electron chi connectivity index (χ0n) is 4.15. The molecule has 0 bridgehead atoms. The first-order valence-corrected chi connectivity index (χ1v) is 2.66. The van der Waals surface area contributed by atoms with Gasteiger partial charge in [-0.15, -0.1) is 0 Å². The van der Waals surface area contributed by atoms with Crippen molar-refractivity contribution in [2.45, 2.75) is 0 Å². The van der Waals surface area contributed by atoms with Gasteiger partial charge in [-0.3, -0.25) is 0 Å². The molecule has 2 nitrogen and oxygen atoms in total. The molecular weight excluding hydrogens is 100 g/mol. The largest absolute Gasteiger partial charge is 0.350 e. The van der Waals surface area contributed by atoms with Gasteiger partial charge in [0, 0.05) is 0 Å². The standard InChI is InChI=1S/C6H4N2/c1-2-4-6(8-4)5-3(1)7-5/h1-2,7-8H. The van der Waals surface area contributed by atoms with Crippen LogP contribution in [0.15, 0.2) is 12.1 Å². The second-order valence-corrected chi connectivity index (χ2v) is 2.16. The number of nitrogens with one attached hydrogen (secondary N) is 2. The number of H-pyrrole nitrogens is 2. The monoisotopic (exact) mass is 104 g/mol. The molecular formula is C6H4N2. The molecule has 38 valence electrons. The first-order valence-electron chi connectivity index (χ1n) is 2.66. The Morgan fingerprint density at radius 3 is 1.88 bits per heavy atom. The van der Waals surface area contributed by atoms with Gasteiger partial charge in [0.05, 0.1) is 22.1 Å². The zero-order valence-corrected chi connectivity index (χ0v) is 4.15. The Morgan fingerprint density at radius 1 is 0.875 bits per heavy atom. The molecule has 0 spiro atoms. The molecule has 0 amide bonds. The van der Waals surface area contributed by atoms with Crippen LogP contribution in [0.3, 0.4) is 0 Å².